The van der Waals surface area contributed by atoms with Gasteiger partial charge >= 0.3 is 5.97 Å². The largest absolute Gasteiger partial charge is 0.508 e. The maximum atomic E-state index is 12.0. The van der Waals surface area contributed by atoms with Crippen LogP contribution in [0.1, 0.15) is 69.4 Å². The highest BCUT2D eigenvalue weighted by Gasteiger charge is 2.57. The third kappa shape index (κ3) is 3.16. The molecule has 0 bridgehead atoms. The van der Waals surface area contributed by atoms with Crippen LogP contribution in [0.5, 0.6) is 5.75 Å². The number of phenolic OH excluding ortho intramolecular Hbond substituents is 1. The van der Waals surface area contributed by atoms with E-state index in [1.807, 2.05) is 13.0 Å². The fourth-order valence-corrected chi connectivity index (χ4v) is 6.67. The van der Waals surface area contributed by atoms with Crippen molar-refractivity contribution in [3.63, 3.8) is 0 Å². The molecule has 0 aliphatic heterocycles. The molecule has 148 valence electrons. The summed E-state index contributed by atoms with van der Waals surface area (Å²) >= 11 is 0. The van der Waals surface area contributed by atoms with Gasteiger partial charge < -0.3 is 14.9 Å². The molecular weight excluding hydrogens is 340 g/mol. The molecule has 4 heteroatoms. The number of aromatic hydroxyl groups is 1. The molecule has 6 atom stereocenters. The van der Waals surface area contributed by atoms with E-state index in [0.717, 1.165) is 38.5 Å². The highest BCUT2D eigenvalue weighted by molar-refractivity contribution is 5.69. The molecule has 0 spiro atoms. The predicted octanol–water partition coefficient (Wildman–Crippen LogP) is 4.18. The first kappa shape index (κ1) is 18.8. The van der Waals surface area contributed by atoms with E-state index in [0.29, 0.717) is 42.4 Å². The summed E-state index contributed by atoms with van der Waals surface area (Å²) in [6.45, 7) is 4.55. The second-order valence-electron chi connectivity index (χ2n) is 9.12. The van der Waals surface area contributed by atoms with Gasteiger partial charge in [-0.25, -0.2) is 0 Å². The summed E-state index contributed by atoms with van der Waals surface area (Å²) in [5.41, 5.74) is 2.59. The van der Waals surface area contributed by atoms with Crippen molar-refractivity contribution < 1.29 is 19.7 Å². The normalized spacial score (nSPS) is 37.2. The standard InChI is InChI=1S/C23H32O4/c1-3-27-21(26)11-5-15-13-23(2)19(9-10-20(23)25)18-7-4-14-12-16(24)6-8-17(14)22(15)18/h6,8,12,15,18-20,22,24-25H,3-5,7,9-11,13H2,1-2H3/t15-,18-,19-,20-,22+,23-/m0/s1. The van der Waals surface area contributed by atoms with Gasteiger partial charge in [0.25, 0.3) is 0 Å². The Morgan fingerprint density at radius 3 is 2.89 bits per heavy atom. The van der Waals surface area contributed by atoms with Crippen molar-refractivity contribution in [2.45, 2.75) is 70.8 Å². The number of hydrogen-bond acceptors (Lipinski definition) is 4. The summed E-state index contributed by atoms with van der Waals surface area (Å²) in [7, 11) is 0. The molecule has 2 N–H and O–H groups in total. The average molecular weight is 373 g/mol. The van der Waals surface area contributed by atoms with Crippen LogP contribution in [0.15, 0.2) is 18.2 Å². The van der Waals surface area contributed by atoms with Gasteiger partial charge in [0.1, 0.15) is 5.75 Å². The van der Waals surface area contributed by atoms with Gasteiger partial charge in [0.15, 0.2) is 0 Å². The molecule has 1 aromatic carbocycles. The number of phenols is 1. The highest BCUT2D eigenvalue weighted by Crippen LogP contribution is 2.63. The zero-order valence-electron chi connectivity index (χ0n) is 16.5. The minimum Gasteiger partial charge on any atom is -0.508 e. The lowest BCUT2D eigenvalue weighted by Crippen LogP contribution is -2.48. The fraction of sp³-hybridized carbons (Fsp3) is 0.696. The number of carbonyl (C=O) groups is 1. The van der Waals surface area contributed by atoms with Crippen molar-refractivity contribution in [2.24, 2.45) is 23.2 Å². The van der Waals surface area contributed by atoms with Crippen LogP contribution in [-0.4, -0.2) is 28.9 Å². The first-order chi connectivity index (χ1) is 12.9. The van der Waals surface area contributed by atoms with E-state index in [9.17, 15) is 15.0 Å². The van der Waals surface area contributed by atoms with E-state index in [-0.39, 0.29) is 17.5 Å². The van der Waals surface area contributed by atoms with E-state index in [1.165, 1.54) is 11.1 Å². The molecule has 0 amide bonds. The third-order valence-electron chi connectivity index (χ3n) is 7.80. The second-order valence-corrected chi connectivity index (χ2v) is 9.12. The molecule has 27 heavy (non-hydrogen) atoms. The summed E-state index contributed by atoms with van der Waals surface area (Å²) in [6, 6.07) is 5.83. The van der Waals surface area contributed by atoms with Gasteiger partial charge in [0, 0.05) is 6.42 Å². The molecule has 0 saturated heterocycles. The summed E-state index contributed by atoms with van der Waals surface area (Å²) in [4.78, 5) is 12.0. The number of carbonyl (C=O) groups excluding carboxylic acids is 1. The van der Waals surface area contributed by atoms with E-state index in [2.05, 4.69) is 13.0 Å². The van der Waals surface area contributed by atoms with Gasteiger partial charge in [-0.1, -0.05) is 13.0 Å². The molecule has 0 unspecified atom stereocenters. The van der Waals surface area contributed by atoms with Crippen LogP contribution in [0, 0.1) is 23.2 Å². The molecule has 3 aliphatic carbocycles. The van der Waals surface area contributed by atoms with Crippen LogP contribution < -0.4 is 0 Å². The van der Waals surface area contributed by atoms with Gasteiger partial charge in [0.05, 0.1) is 12.7 Å². The zero-order chi connectivity index (χ0) is 19.2. The molecular formula is C23H32O4. The topological polar surface area (TPSA) is 66.8 Å². The van der Waals surface area contributed by atoms with Crippen LogP contribution >= 0.6 is 0 Å². The Balaban J connectivity index is 1.66. The van der Waals surface area contributed by atoms with Crippen LogP contribution in [0.2, 0.25) is 0 Å². The molecule has 0 heterocycles. The second kappa shape index (κ2) is 7.12. The molecule has 3 aliphatic rings. The Bertz CT molecular complexity index is 714. The van der Waals surface area contributed by atoms with Gasteiger partial charge in [-0.05, 0) is 97.8 Å². The van der Waals surface area contributed by atoms with Crippen molar-refractivity contribution >= 4 is 5.97 Å². The zero-order valence-corrected chi connectivity index (χ0v) is 16.5. The summed E-state index contributed by atoms with van der Waals surface area (Å²) in [5.74, 6) is 2.13. The highest BCUT2D eigenvalue weighted by atomic mass is 16.5. The smallest absolute Gasteiger partial charge is 0.305 e. The lowest BCUT2D eigenvalue weighted by Gasteiger charge is -2.54. The summed E-state index contributed by atoms with van der Waals surface area (Å²) in [5, 5.41) is 20.7. The lowest BCUT2D eigenvalue weighted by molar-refractivity contribution is -0.144. The number of rotatable bonds is 4. The molecule has 2 fully saturated rings. The quantitative estimate of drug-likeness (QED) is 0.778. The van der Waals surface area contributed by atoms with E-state index in [1.54, 1.807) is 6.07 Å². The Labute approximate surface area is 161 Å². The maximum Gasteiger partial charge on any atom is 0.305 e. The monoisotopic (exact) mass is 372 g/mol. The van der Waals surface area contributed by atoms with Gasteiger partial charge in [0.2, 0.25) is 0 Å². The van der Waals surface area contributed by atoms with Gasteiger partial charge in [-0.2, -0.15) is 0 Å². The minimum atomic E-state index is -0.227. The van der Waals surface area contributed by atoms with Crippen molar-refractivity contribution in [3.05, 3.63) is 29.3 Å². The number of fused-ring (bicyclic) bond motifs is 5. The first-order valence-corrected chi connectivity index (χ1v) is 10.6. The lowest BCUT2D eigenvalue weighted by atomic mass is 9.51. The van der Waals surface area contributed by atoms with E-state index < -0.39 is 0 Å². The van der Waals surface area contributed by atoms with Crippen molar-refractivity contribution in [1.82, 2.24) is 0 Å². The van der Waals surface area contributed by atoms with Gasteiger partial charge in [-0.3, -0.25) is 4.79 Å². The summed E-state index contributed by atoms with van der Waals surface area (Å²) < 4.78 is 5.17. The maximum absolute atomic E-state index is 12.0. The molecule has 4 rings (SSSR count). The van der Waals surface area contributed by atoms with Crippen molar-refractivity contribution in [3.8, 4) is 5.75 Å². The van der Waals surface area contributed by atoms with Crippen molar-refractivity contribution in [1.29, 1.82) is 0 Å². The average Bonchev–Trinajstić information content (AvgIpc) is 2.94. The molecule has 0 radical (unpaired) electrons. The Hall–Kier alpha value is -1.55. The summed E-state index contributed by atoms with van der Waals surface area (Å²) in [6.07, 6.45) is 6.13. The molecule has 4 nitrogen and oxygen atoms in total. The molecule has 2 saturated carbocycles. The number of esters is 1. The Kier molecular flexibility index (Phi) is 4.96. The van der Waals surface area contributed by atoms with Crippen LogP contribution in [0.4, 0.5) is 0 Å². The fourth-order valence-electron chi connectivity index (χ4n) is 6.67. The number of aryl methyl sites for hydroxylation is 1. The van der Waals surface area contributed by atoms with Gasteiger partial charge in [-0.15, -0.1) is 0 Å². The number of aliphatic hydroxyl groups excluding tert-OH is 1. The molecule has 1 aromatic rings. The number of benzene rings is 1. The van der Waals surface area contributed by atoms with Crippen molar-refractivity contribution in [2.75, 3.05) is 6.61 Å². The van der Waals surface area contributed by atoms with Crippen LogP contribution in [0.25, 0.3) is 0 Å². The van der Waals surface area contributed by atoms with Crippen LogP contribution in [0.3, 0.4) is 0 Å². The number of aliphatic hydroxyl groups is 1. The Morgan fingerprint density at radius 2 is 2.11 bits per heavy atom. The Morgan fingerprint density at radius 1 is 1.30 bits per heavy atom. The van der Waals surface area contributed by atoms with Crippen LogP contribution in [-0.2, 0) is 16.0 Å². The number of hydrogen-bond donors (Lipinski definition) is 2. The van der Waals surface area contributed by atoms with E-state index >= 15 is 0 Å². The first-order valence-electron chi connectivity index (χ1n) is 10.6. The predicted molar refractivity (Wildman–Crippen MR) is 103 cm³/mol. The number of ether oxygens (including phenoxy) is 1. The SMILES string of the molecule is CCOC(=O)CC[C@H]1C[C@]2(C)[C@@H](O)CC[C@H]2[C@@H]2CCc3cc(O)ccc3[C@@H]12. The third-order valence-corrected chi connectivity index (χ3v) is 7.80. The van der Waals surface area contributed by atoms with E-state index in [4.69, 9.17) is 4.74 Å². The molecule has 0 aromatic heterocycles. The minimum absolute atomic E-state index is 0.0328.